The molecule has 2 N–H and O–H groups in total. The maximum absolute atomic E-state index is 9.85. The summed E-state index contributed by atoms with van der Waals surface area (Å²) in [4.78, 5) is 0. The van der Waals surface area contributed by atoms with Crippen molar-refractivity contribution in [2.45, 2.75) is 25.9 Å². The highest BCUT2D eigenvalue weighted by atomic mass is 79.9. The predicted molar refractivity (Wildman–Crippen MR) is 68.3 cm³/mol. The molecule has 0 aliphatic heterocycles. The van der Waals surface area contributed by atoms with Crippen molar-refractivity contribution >= 4 is 21.6 Å². The molecular weight excluding hydrogens is 268 g/mol. The lowest BCUT2D eigenvalue weighted by Gasteiger charge is -2.22. The molecule has 0 aliphatic rings. The van der Waals surface area contributed by atoms with Gasteiger partial charge in [-0.1, -0.05) is 22.9 Å². The normalized spacial score (nSPS) is 13.9. The molecule has 0 aliphatic carbocycles. The van der Waals surface area contributed by atoms with Crippen molar-refractivity contribution in [1.82, 2.24) is 0 Å². The summed E-state index contributed by atoms with van der Waals surface area (Å²) in [5.74, 6) is 0. The van der Waals surface area contributed by atoms with Gasteiger partial charge in [-0.25, -0.2) is 0 Å². The van der Waals surface area contributed by atoms with Crippen LogP contribution in [-0.4, -0.2) is 17.3 Å². The Labute approximate surface area is 104 Å². The average molecular weight is 283 g/mol. The molecule has 1 rings (SSSR count). The van der Waals surface area contributed by atoms with Crippen LogP contribution in [0.3, 0.4) is 0 Å². The van der Waals surface area contributed by atoms with Gasteiger partial charge in [0.25, 0.3) is 0 Å². The van der Waals surface area contributed by atoms with E-state index in [9.17, 15) is 5.11 Å². The fourth-order valence-electron chi connectivity index (χ4n) is 1.17. The summed E-state index contributed by atoms with van der Waals surface area (Å²) in [7, 11) is 0. The highest BCUT2D eigenvalue weighted by molar-refractivity contribution is 9.10. The molecule has 0 amide bonds. The summed E-state index contributed by atoms with van der Waals surface area (Å²) in [6.07, 6.45) is 0.665. The Hall–Kier alpha value is -1.05. The molecule has 0 heterocycles. The van der Waals surface area contributed by atoms with Crippen LogP contribution in [-0.2, 0) is 0 Å². The van der Waals surface area contributed by atoms with E-state index < -0.39 is 5.60 Å². The summed E-state index contributed by atoms with van der Waals surface area (Å²) in [6.45, 7) is 4.12. The number of nitrogens with zero attached hydrogens (tertiary/aromatic N) is 1. The van der Waals surface area contributed by atoms with E-state index in [0.717, 1.165) is 10.2 Å². The van der Waals surface area contributed by atoms with Crippen LogP contribution >= 0.6 is 15.9 Å². The number of hydrogen-bond donors (Lipinski definition) is 2. The topological polar surface area (TPSA) is 56.0 Å². The third-order valence-electron chi connectivity index (χ3n) is 2.52. The standard InChI is InChI=1S/C12H15BrN2O/c1-3-12(2,16)8-15-11-5-4-10(13)6-9(11)7-14/h4-6,15-16H,3,8H2,1-2H3. The van der Waals surface area contributed by atoms with Crippen LogP contribution in [0.4, 0.5) is 5.69 Å². The first kappa shape index (κ1) is 13.0. The van der Waals surface area contributed by atoms with Gasteiger partial charge in [0.15, 0.2) is 0 Å². The molecule has 1 aromatic rings. The van der Waals surface area contributed by atoms with Crippen molar-refractivity contribution in [2.75, 3.05) is 11.9 Å². The Morgan fingerprint density at radius 1 is 1.56 bits per heavy atom. The minimum absolute atomic E-state index is 0.430. The van der Waals surface area contributed by atoms with Crippen molar-refractivity contribution in [2.24, 2.45) is 0 Å². The predicted octanol–water partition coefficient (Wildman–Crippen LogP) is 2.89. The Morgan fingerprint density at radius 3 is 2.81 bits per heavy atom. The van der Waals surface area contributed by atoms with Crippen LogP contribution in [0.2, 0.25) is 0 Å². The number of nitriles is 1. The summed E-state index contributed by atoms with van der Waals surface area (Å²) in [5.41, 5.74) is 0.570. The largest absolute Gasteiger partial charge is 0.388 e. The molecule has 0 fully saturated rings. The second-order valence-electron chi connectivity index (χ2n) is 4.01. The van der Waals surface area contributed by atoms with Gasteiger partial charge in [0.2, 0.25) is 0 Å². The molecule has 3 nitrogen and oxygen atoms in total. The van der Waals surface area contributed by atoms with Crippen LogP contribution in [0.25, 0.3) is 0 Å². The van der Waals surface area contributed by atoms with E-state index in [-0.39, 0.29) is 0 Å². The zero-order valence-electron chi connectivity index (χ0n) is 9.42. The van der Waals surface area contributed by atoms with Crippen LogP contribution in [0.15, 0.2) is 22.7 Å². The van der Waals surface area contributed by atoms with E-state index in [1.165, 1.54) is 0 Å². The summed E-state index contributed by atoms with van der Waals surface area (Å²) < 4.78 is 0.872. The zero-order chi connectivity index (χ0) is 12.2. The number of hydrogen-bond acceptors (Lipinski definition) is 3. The Morgan fingerprint density at radius 2 is 2.25 bits per heavy atom. The fraction of sp³-hybridized carbons (Fsp3) is 0.417. The van der Waals surface area contributed by atoms with E-state index in [4.69, 9.17) is 5.26 Å². The number of halogens is 1. The first-order valence-electron chi connectivity index (χ1n) is 5.14. The highest BCUT2D eigenvalue weighted by Crippen LogP contribution is 2.21. The van der Waals surface area contributed by atoms with Gasteiger partial charge in [-0.2, -0.15) is 5.26 Å². The third kappa shape index (κ3) is 3.51. The van der Waals surface area contributed by atoms with Gasteiger partial charge < -0.3 is 10.4 Å². The van der Waals surface area contributed by atoms with Gasteiger partial charge in [0.05, 0.1) is 16.9 Å². The van der Waals surface area contributed by atoms with Gasteiger partial charge >= 0.3 is 0 Å². The van der Waals surface area contributed by atoms with Crippen molar-refractivity contribution < 1.29 is 5.11 Å². The van der Waals surface area contributed by atoms with Crippen molar-refractivity contribution in [3.8, 4) is 6.07 Å². The monoisotopic (exact) mass is 282 g/mol. The minimum Gasteiger partial charge on any atom is -0.388 e. The van der Waals surface area contributed by atoms with E-state index in [1.807, 2.05) is 19.1 Å². The zero-order valence-corrected chi connectivity index (χ0v) is 11.0. The second kappa shape index (κ2) is 5.33. The molecule has 1 atom stereocenters. The minimum atomic E-state index is -0.750. The van der Waals surface area contributed by atoms with Crippen molar-refractivity contribution in [1.29, 1.82) is 5.26 Å². The SMILES string of the molecule is CCC(C)(O)CNc1ccc(Br)cc1C#N. The van der Waals surface area contributed by atoms with Gasteiger partial charge in [-0.05, 0) is 31.5 Å². The molecule has 16 heavy (non-hydrogen) atoms. The van der Waals surface area contributed by atoms with Crippen molar-refractivity contribution in [3.63, 3.8) is 0 Å². The van der Waals surface area contributed by atoms with E-state index in [1.54, 1.807) is 13.0 Å². The van der Waals surface area contributed by atoms with Crippen LogP contribution < -0.4 is 5.32 Å². The molecule has 0 saturated carbocycles. The maximum Gasteiger partial charge on any atom is 0.101 e. The average Bonchev–Trinajstić information content (AvgIpc) is 2.27. The Kier molecular flexibility index (Phi) is 4.34. The fourth-order valence-corrected chi connectivity index (χ4v) is 1.53. The smallest absolute Gasteiger partial charge is 0.101 e. The lowest BCUT2D eigenvalue weighted by molar-refractivity contribution is 0.0697. The number of aliphatic hydroxyl groups is 1. The lowest BCUT2D eigenvalue weighted by atomic mass is 10.0. The van der Waals surface area contributed by atoms with E-state index >= 15 is 0 Å². The number of anilines is 1. The summed E-state index contributed by atoms with van der Waals surface area (Å²) in [6, 6.07) is 7.56. The molecule has 0 saturated heterocycles. The molecule has 1 unspecified atom stereocenters. The molecular formula is C12H15BrN2O. The van der Waals surface area contributed by atoms with Crippen molar-refractivity contribution in [3.05, 3.63) is 28.2 Å². The second-order valence-corrected chi connectivity index (χ2v) is 4.92. The van der Waals surface area contributed by atoms with Crippen LogP contribution in [0, 0.1) is 11.3 Å². The number of benzene rings is 1. The quantitative estimate of drug-likeness (QED) is 0.893. The third-order valence-corrected chi connectivity index (χ3v) is 3.02. The van der Waals surface area contributed by atoms with Gasteiger partial charge in [-0.15, -0.1) is 0 Å². The summed E-state index contributed by atoms with van der Waals surface area (Å²) >= 11 is 3.31. The first-order valence-corrected chi connectivity index (χ1v) is 5.93. The summed E-state index contributed by atoms with van der Waals surface area (Å²) in [5, 5.41) is 21.9. The molecule has 1 aromatic carbocycles. The molecule has 0 aromatic heterocycles. The Balaban J connectivity index is 2.79. The maximum atomic E-state index is 9.85. The van der Waals surface area contributed by atoms with Gasteiger partial charge in [0, 0.05) is 11.0 Å². The molecule has 0 bridgehead atoms. The molecule has 0 radical (unpaired) electrons. The molecule has 0 spiro atoms. The van der Waals surface area contributed by atoms with E-state index in [2.05, 4.69) is 27.3 Å². The molecule has 86 valence electrons. The van der Waals surface area contributed by atoms with E-state index in [0.29, 0.717) is 18.5 Å². The number of rotatable bonds is 4. The van der Waals surface area contributed by atoms with Crippen LogP contribution in [0.1, 0.15) is 25.8 Å². The number of nitrogens with one attached hydrogen (secondary N) is 1. The first-order chi connectivity index (χ1) is 7.48. The lowest BCUT2D eigenvalue weighted by Crippen LogP contribution is -2.32. The van der Waals surface area contributed by atoms with Crippen LogP contribution in [0.5, 0.6) is 0 Å². The highest BCUT2D eigenvalue weighted by Gasteiger charge is 2.17. The molecule has 4 heteroatoms. The van der Waals surface area contributed by atoms with Gasteiger partial charge in [0.1, 0.15) is 6.07 Å². The Bertz CT molecular complexity index is 410. The van der Waals surface area contributed by atoms with Gasteiger partial charge in [-0.3, -0.25) is 0 Å².